The van der Waals surface area contributed by atoms with E-state index in [4.69, 9.17) is 9.84 Å². The summed E-state index contributed by atoms with van der Waals surface area (Å²) in [4.78, 5) is 26.7. The van der Waals surface area contributed by atoms with Gasteiger partial charge in [0.1, 0.15) is 6.61 Å². The number of urea groups is 1. The second-order valence-corrected chi connectivity index (χ2v) is 5.92. The molecule has 7 heteroatoms. The molecule has 0 radical (unpaired) electrons. The largest absolute Gasteiger partial charge is 0.480 e. The maximum Gasteiger partial charge on any atom is 0.329 e. The second kappa shape index (κ2) is 7.61. The van der Waals surface area contributed by atoms with Gasteiger partial charge in [-0.1, -0.05) is 0 Å². The number of carboxylic acids is 1. The molecule has 2 aliphatic heterocycles. The SMILES string of the molecule is CN1CCC(NC(=O)N2CCC(OCC(=O)O)CC2)CC1. The van der Waals surface area contributed by atoms with E-state index in [2.05, 4.69) is 17.3 Å². The van der Waals surface area contributed by atoms with Crippen molar-refractivity contribution in [2.75, 3.05) is 39.8 Å². The number of amides is 2. The van der Waals surface area contributed by atoms with Crippen LogP contribution in [0.3, 0.4) is 0 Å². The molecule has 0 saturated carbocycles. The Kier molecular flexibility index (Phi) is 5.81. The predicted octanol–water partition coefficient (Wildman–Crippen LogP) is 0.356. The second-order valence-electron chi connectivity index (χ2n) is 5.92. The summed E-state index contributed by atoms with van der Waals surface area (Å²) in [6, 6.07) is 0.274. The number of carbonyl (C=O) groups excluding carboxylic acids is 1. The lowest BCUT2D eigenvalue weighted by atomic mass is 10.1. The zero-order valence-corrected chi connectivity index (χ0v) is 12.6. The highest BCUT2D eigenvalue weighted by Crippen LogP contribution is 2.15. The van der Waals surface area contributed by atoms with E-state index >= 15 is 0 Å². The number of ether oxygens (including phenoxy) is 1. The number of rotatable bonds is 4. The van der Waals surface area contributed by atoms with E-state index in [0.29, 0.717) is 25.9 Å². The van der Waals surface area contributed by atoms with Gasteiger partial charge in [-0.15, -0.1) is 0 Å². The number of nitrogens with one attached hydrogen (secondary N) is 1. The van der Waals surface area contributed by atoms with Gasteiger partial charge in [0.15, 0.2) is 0 Å². The lowest BCUT2D eigenvalue weighted by Crippen LogP contribution is -2.51. The molecule has 0 atom stereocenters. The number of nitrogens with zero attached hydrogens (tertiary/aromatic N) is 2. The van der Waals surface area contributed by atoms with Crippen molar-refractivity contribution >= 4 is 12.0 Å². The third-order valence-electron chi connectivity index (χ3n) is 4.22. The number of hydrogen-bond acceptors (Lipinski definition) is 4. The molecule has 2 aliphatic rings. The molecule has 2 heterocycles. The monoisotopic (exact) mass is 299 g/mol. The molecule has 2 fully saturated rings. The van der Waals surface area contributed by atoms with Gasteiger partial charge in [-0.2, -0.15) is 0 Å². The number of hydrogen-bond donors (Lipinski definition) is 2. The van der Waals surface area contributed by atoms with Crippen molar-refractivity contribution in [2.24, 2.45) is 0 Å². The predicted molar refractivity (Wildman–Crippen MR) is 77.2 cm³/mol. The van der Waals surface area contributed by atoms with E-state index in [1.165, 1.54) is 0 Å². The molecule has 2 saturated heterocycles. The molecule has 2 N–H and O–H groups in total. The number of likely N-dealkylation sites (tertiary alicyclic amines) is 2. The molecular formula is C14H25N3O4. The summed E-state index contributed by atoms with van der Waals surface area (Å²) in [5, 5.41) is 11.7. The van der Waals surface area contributed by atoms with Gasteiger partial charge >= 0.3 is 12.0 Å². The Morgan fingerprint density at radius 3 is 2.33 bits per heavy atom. The Bertz CT molecular complexity index is 361. The molecular weight excluding hydrogens is 274 g/mol. The van der Waals surface area contributed by atoms with E-state index in [9.17, 15) is 9.59 Å². The van der Waals surface area contributed by atoms with Gasteiger partial charge in [0.2, 0.25) is 0 Å². The summed E-state index contributed by atoms with van der Waals surface area (Å²) in [7, 11) is 2.10. The molecule has 0 bridgehead atoms. The molecule has 0 spiro atoms. The molecule has 120 valence electrons. The highest BCUT2D eigenvalue weighted by molar-refractivity contribution is 5.74. The number of carbonyl (C=O) groups is 2. The van der Waals surface area contributed by atoms with Crippen LogP contribution in [-0.4, -0.2) is 78.9 Å². The van der Waals surface area contributed by atoms with Crippen LogP contribution in [0.25, 0.3) is 0 Å². The fraction of sp³-hybridized carbons (Fsp3) is 0.857. The normalized spacial score (nSPS) is 22.2. The van der Waals surface area contributed by atoms with Crippen LogP contribution in [0.15, 0.2) is 0 Å². The third kappa shape index (κ3) is 5.17. The van der Waals surface area contributed by atoms with Crippen molar-refractivity contribution < 1.29 is 19.4 Å². The smallest absolute Gasteiger partial charge is 0.329 e. The molecule has 0 aliphatic carbocycles. The molecule has 0 unspecified atom stereocenters. The molecule has 21 heavy (non-hydrogen) atoms. The van der Waals surface area contributed by atoms with E-state index in [1.807, 2.05) is 0 Å². The van der Waals surface area contributed by atoms with Crippen molar-refractivity contribution in [1.82, 2.24) is 15.1 Å². The van der Waals surface area contributed by atoms with Crippen LogP contribution in [-0.2, 0) is 9.53 Å². The van der Waals surface area contributed by atoms with Crippen molar-refractivity contribution in [3.05, 3.63) is 0 Å². The molecule has 7 nitrogen and oxygen atoms in total. The number of aliphatic carboxylic acids is 1. The van der Waals surface area contributed by atoms with Crippen molar-refractivity contribution in [3.63, 3.8) is 0 Å². The fourth-order valence-electron chi connectivity index (χ4n) is 2.83. The Balaban J connectivity index is 1.67. The summed E-state index contributed by atoms with van der Waals surface area (Å²) in [5.41, 5.74) is 0. The van der Waals surface area contributed by atoms with Gasteiger partial charge in [-0.25, -0.2) is 9.59 Å². The average molecular weight is 299 g/mol. The zero-order chi connectivity index (χ0) is 15.2. The molecule has 0 aromatic rings. The maximum atomic E-state index is 12.2. The van der Waals surface area contributed by atoms with Crippen LogP contribution in [0.1, 0.15) is 25.7 Å². The van der Waals surface area contributed by atoms with Crippen LogP contribution < -0.4 is 5.32 Å². The van der Waals surface area contributed by atoms with Crippen LogP contribution in [0.4, 0.5) is 4.79 Å². The first-order valence-electron chi connectivity index (χ1n) is 7.62. The lowest BCUT2D eigenvalue weighted by Gasteiger charge is -2.35. The molecule has 0 aromatic carbocycles. The summed E-state index contributed by atoms with van der Waals surface area (Å²) in [5.74, 6) is -0.947. The van der Waals surface area contributed by atoms with E-state index < -0.39 is 5.97 Å². The van der Waals surface area contributed by atoms with Crippen molar-refractivity contribution in [1.29, 1.82) is 0 Å². The summed E-state index contributed by atoms with van der Waals surface area (Å²) < 4.78 is 5.27. The van der Waals surface area contributed by atoms with Gasteiger partial charge in [0, 0.05) is 19.1 Å². The summed E-state index contributed by atoms with van der Waals surface area (Å²) in [6.07, 6.45) is 3.36. The van der Waals surface area contributed by atoms with Gasteiger partial charge in [-0.05, 0) is 45.8 Å². The Morgan fingerprint density at radius 2 is 1.76 bits per heavy atom. The third-order valence-corrected chi connectivity index (χ3v) is 4.22. The molecule has 0 aromatic heterocycles. The first kappa shape index (κ1) is 16.0. The van der Waals surface area contributed by atoms with Crippen LogP contribution in [0.2, 0.25) is 0 Å². The summed E-state index contributed by atoms with van der Waals surface area (Å²) in [6.45, 7) is 3.05. The zero-order valence-electron chi connectivity index (χ0n) is 12.6. The average Bonchev–Trinajstić information content (AvgIpc) is 2.48. The number of carboxylic acid groups (broad SMARTS) is 1. The van der Waals surface area contributed by atoms with Crippen molar-refractivity contribution in [3.8, 4) is 0 Å². The van der Waals surface area contributed by atoms with Gasteiger partial charge < -0.3 is 25.0 Å². The van der Waals surface area contributed by atoms with Crippen LogP contribution >= 0.6 is 0 Å². The highest BCUT2D eigenvalue weighted by atomic mass is 16.5. The van der Waals surface area contributed by atoms with Crippen molar-refractivity contribution in [2.45, 2.75) is 37.8 Å². The first-order chi connectivity index (χ1) is 10.0. The minimum Gasteiger partial charge on any atom is -0.480 e. The minimum atomic E-state index is -0.947. The number of piperidine rings is 2. The van der Waals surface area contributed by atoms with E-state index in [0.717, 1.165) is 25.9 Å². The van der Waals surface area contributed by atoms with Gasteiger partial charge in [0.25, 0.3) is 0 Å². The summed E-state index contributed by atoms with van der Waals surface area (Å²) >= 11 is 0. The standard InChI is InChI=1S/C14H25N3O4/c1-16-6-2-11(3-7-16)15-14(20)17-8-4-12(5-9-17)21-10-13(18)19/h11-12H,2-10H2,1H3,(H,15,20)(H,18,19). The Morgan fingerprint density at radius 1 is 1.14 bits per heavy atom. The highest BCUT2D eigenvalue weighted by Gasteiger charge is 2.26. The van der Waals surface area contributed by atoms with Gasteiger partial charge in [0.05, 0.1) is 6.10 Å². The Labute approximate surface area is 125 Å². The molecule has 2 rings (SSSR count). The minimum absolute atomic E-state index is 0.00115. The topological polar surface area (TPSA) is 82.1 Å². The van der Waals surface area contributed by atoms with Gasteiger partial charge in [-0.3, -0.25) is 0 Å². The Hall–Kier alpha value is -1.34. The maximum absolute atomic E-state index is 12.2. The van der Waals surface area contributed by atoms with Crippen LogP contribution in [0.5, 0.6) is 0 Å². The van der Waals surface area contributed by atoms with E-state index in [1.54, 1.807) is 4.90 Å². The first-order valence-corrected chi connectivity index (χ1v) is 7.62. The fourth-order valence-corrected chi connectivity index (χ4v) is 2.83. The molecule has 2 amide bonds. The lowest BCUT2D eigenvalue weighted by molar-refractivity contribution is -0.145. The quantitative estimate of drug-likeness (QED) is 0.783. The van der Waals surface area contributed by atoms with E-state index in [-0.39, 0.29) is 24.8 Å². The van der Waals surface area contributed by atoms with Crippen LogP contribution in [0, 0.1) is 0 Å².